The van der Waals surface area contributed by atoms with Gasteiger partial charge in [-0.3, -0.25) is 0 Å². The molecule has 0 aromatic rings. The van der Waals surface area contributed by atoms with Crippen LogP contribution >= 0.6 is 12.2 Å². The molecular weight excluding hydrogens is 280 g/mol. The summed E-state index contributed by atoms with van der Waals surface area (Å²) in [5, 5.41) is 0. The Morgan fingerprint density at radius 2 is 1.95 bits per heavy atom. The van der Waals surface area contributed by atoms with Crippen LogP contribution in [0.5, 0.6) is 0 Å². The van der Waals surface area contributed by atoms with Crippen molar-refractivity contribution in [1.82, 2.24) is 4.72 Å². The second-order valence-corrected chi connectivity index (χ2v) is 8.28. The minimum absolute atomic E-state index is 0.0906. The molecule has 3 N–H and O–H groups in total. The average molecular weight is 306 g/mol. The molecule has 1 aliphatic rings. The van der Waals surface area contributed by atoms with E-state index < -0.39 is 15.6 Å². The molecule has 1 rings (SSSR count). The van der Waals surface area contributed by atoms with Gasteiger partial charge in [0.1, 0.15) is 0 Å². The first-order valence-electron chi connectivity index (χ1n) is 7.02. The zero-order valence-corrected chi connectivity index (χ0v) is 13.7. The fourth-order valence-corrected chi connectivity index (χ4v) is 4.95. The van der Waals surface area contributed by atoms with Crippen molar-refractivity contribution >= 4 is 27.2 Å². The molecule has 0 aromatic carbocycles. The summed E-state index contributed by atoms with van der Waals surface area (Å²) in [7, 11) is -3.33. The van der Waals surface area contributed by atoms with Crippen molar-refractivity contribution in [2.24, 2.45) is 17.6 Å². The van der Waals surface area contributed by atoms with E-state index >= 15 is 0 Å². The van der Waals surface area contributed by atoms with Gasteiger partial charge in [0.15, 0.2) is 0 Å². The van der Waals surface area contributed by atoms with Crippen LogP contribution in [-0.4, -0.2) is 24.7 Å². The van der Waals surface area contributed by atoms with Crippen LogP contribution in [0.2, 0.25) is 0 Å². The maximum absolute atomic E-state index is 12.1. The van der Waals surface area contributed by atoms with E-state index in [4.69, 9.17) is 18.0 Å². The summed E-state index contributed by atoms with van der Waals surface area (Å²) >= 11 is 5.14. The van der Waals surface area contributed by atoms with Gasteiger partial charge in [-0.05, 0) is 37.5 Å². The normalized spacial score (nSPS) is 28.5. The predicted molar refractivity (Wildman–Crippen MR) is 83.5 cm³/mol. The van der Waals surface area contributed by atoms with Crippen molar-refractivity contribution in [2.75, 3.05) is 5.75 Å². The third kappa shape index (κ3) is 4.68. The third-order valence-electron chi connectivity index (χ3n) is 3.91. The van der Waals surface area contributed by atoms with Gasteiger partial charge in [0.2, 0.25) is 10.0 Å². The van der Waals surface area contributed by atoms with Crippen LogP contribution in [0.3, 0.4) is 0 Å². The Labute approximate surface area is 122 Å². The molecular formula is C13H26N2O2S2. The molecule has 0 amide bonds. The molecule has 0 saturated heterocycles. The summed E-state index contributed by atoms with van der Waals surface area (Å²) in [6, 6.07) is 0. The molecule has 1 saturated carbocycles. The lowest BCUT2D eigenvalue weighted by atomic mass is 9.76. The van der Waals surface area contributed by atoms with Gasteiger partial charge in [0.05, 0.1) is 16.3 Å². The number of nitrogens with one attached hydrogen (secondary N) is 1. The zero-order valence-electron chi connectivity index (χ0n) is 12.1. The summed E-state index contributed by atoms with van der Waals surface area (Å²) in [6.07, 6.45) is 4.54. The van der Waals surface area contributed by atoms with Crippen LogP contribution in [0.1, 0.15) is 52.9 Å². The van der Waals surface area contributed by atoms with Gasteiger partial charge in [0, 0.05) is 0 Å². The molecule has 0 spiro atoms. The summed E-state index contributed by atoms with van der Waals surface area (Å²) in [4.78, 5) is 0.286. The van der Waals surface area contributed by atoms with Gasteiger partial charge in [0.25, 0.3) is 0 Å². The standard InChI is InChI=1S/C13H26N2O2S2/c1-4-11-5-7-13(8-6-11,12(14)18)15-19(16,17)9-10(2)3/h10-11,15H,4-9H2,1-3H3,(H2,14,18). The molecule has 0 unspecified atom stereocenters. The first-order chi connectivity index (χ1) is 8.71. The minimum atomic E-state index is -3.33. The smallest absolute Gasteiger partial charge is 0.212 e. The Morgan fingerprint density at radius 3 is 2.32 bits per heavy atom. The Kier molecular flexibility index (Phi) is 5.77. The highest BCUT2D eigenvalue weighted by molar-refractivity contribution is 7.89. The van der Waals surface area contributed by atoms with E-state index in [0.29, 0.717) is 5.92 Å². The third-order valence-corrected chi connectivity index (χ3v) is 6.11. The van der Waals surface area contributed by atoms with Gasteiger partial charge in [-0.15, -0.1) is 0 Å². The van der Waals surface area contributed by atoms with Gasteiger partial charge in [-0.1, -0.05) is 39.4 Å². The van der Waals surface area contributed by atoms with Crippen LogP contribution in [0.4, 0.5) is 0 Å². The number of sulfonamides is 1. The molecule has 1 aliphatic carbocycles. The van der Waals surface area contributed by atoms with Crippen molar-refractivity contribution < 1.29 is 8.42 Å². The van der Waals surface area contributed by atoms with Crippen molar-refractivity contribution in [2.45, 2.75) is 58.4 Å². The quantitative estimate of drug-likeness (QED) is 0.738. The summed E-state index contributed by atoms with van der Waals surface area (Å²) < 4.78 is 27.1. The molecule has 0 aliphatic heterocycles. The lowest BCUT2D eigenvalue weighted by Gasteiger charge is -2.39. The first-order valence-corrected chi connectivity index (χ1v) is 9.08. The fraction of sp³-hybridized carbons (Fsp3) is 0.923. The van der Waals surface area contributed by atoms with Crippen LogP contribution in [-0.2, 0) is 10.0 Å². The maximum atomic E-state index is 12.1. The van der Waals surface area contributed by atoms with E-state index in [0.717, 1.165) is 32.1 Å². The zero-order chi connectivity index (χ0) is 14.7. The van der Waals surface area contributed by atoms with E-state index in [9.17, 15) is 8.42 Å². The highest BCUT2D eigenvalue weighted by Gasteiger charge is 2.40. The van der Waals surface area contributed by atoms with Crippen LogP contribution in [0.15, 0.2) is 0 Å². The molecule has 19 heavy (non-hydrogen) atoms. The number of rotatable bonds is 6. The van der Waals surface area contributed by atoms with Crippen molar-refractivity contribution in [3.8, 4) is 0 Å². The molecule has 6 heteroatoms. The SMILES string of the molecule is CCC1CCC(NS(=O)(=O)CC(C)C)(C(N)=S)CC1. The van der Waals surface area contributed by atoms with Gasteiger partial charge < -0.3 is 5.73 Å². The van der Waals surface area contributed by atoms with E-state index in [2.05, 4.69) is 11.6 Å². The van der Waals surface area contributed by atoms with Gasteiger partial charge in [-0.25, -0.2) is 13.1 Å². The molecule has 0 bridgehead atoms. The van der Waals surface area contributed by atoms with Crippen LogP contribution in [0.25, 0.3) is 0 Å². The first kappa shape index (κ1) is 16.9. The highest BCUT2D eigenvalue weighted by Crippen LogP contribution is 2.34. The van der Waals surface area contributed by atoms with E-state index in [1.54, 1.807) is 0 Å². The van der Waals surface area contributed by atoms with Gasteiger partial charge >= 0.3 is 0 Å². The monoisotopic (exact) mass is 306 g/mol. The minimum Gasteiger partial charge on any atom is -0.392 e. The Bertz CT molecular complexity index is 410. The van der Waals surface area contributed by atoms with E-state index in [1.807, 2.05) is 13.8 Å². The van der Waals surface area contributed by atoms with Crippen molar-refractivity contribution in [1.29, 1.82) is 0 Å². The molecule has 1 fully saturated rings. The van der Waals surface area contributed by atoms with E-state index in [1.165, 1.54) is 0 Å². The second kappa shape index (κ2) is 6.50. The predicted octanol–water partition coefficient (Wildman–Crippen LogP) is 2.19. The second-order valence-electron chi connectivity index (χ2n) is 6.08. The number of hydrogen-bond donors (Lipinski definition) is 2. The molecule has 0 atom stereocenters. The average Bonchev–Trinajstić information content (AvgIpc) is 2.27. The lowest BCUT2D eigenvalue weighted by molar-refractivity contribution is 0.269. The molecule has 112 valence electrons. The summed E-state index contributed by atoms with van der Waals surface area (Å²) in [6.45, 7) is 5.95. The molecule has 0 radical (unpaired) electrons. The maximum Gasteiger partial charge on any atom is 0.212 e. The molecule has 4 nitrogen and oxygen atoms in total. The Hall–Kier alpha value is -0.200. The van der Waals surface area contributed by atoms with E-state index in [-0.39, 0.29) is 16.7 Å². The van der Waals surface area contributed by atoms with Crippen molar-refractivity contribution in [3.63, 3.8) is 0 Å². The Morgan fingerprint density at radius 1 is 1.42 bits per heavy atom. The number of hydrogen-bond acceptors (Lipinski definition) is 3. The van der Waals surface area contributed by atoms with Crippen LogP contribution < -0.4 is 10.5 Å². The number of thiocarbonyl (C=S) groups is 1. The van der Waals surface area contributed by atoms with Gasteiger partial charge in [-0.2, -0.15) is 0 Å². The lowest BCUT2D eigenvalue weighted by Crippen LogP contribution is -2.58. The molecule has 0 aromatic heterocycles. The fourth-order valence-electron chi connectivity index (χ4n) is 2.76. The summed E-state index contributed by atoms with van der Waals surface area (Å²) in [5.74, 6) is 0.874. The number of nitrogens with two attached hydrogens (primary N) is 1. The Balaban J connectivity index is 2.82. The van der Waals surface area contributed by atoms with Crippen LogP contribution in [0, 0.1) is 11.8 Å². The largest absolute Gasteiger partial charge is 0.392 e. The topological polar surface area (TPSA) is 72.2 Å². The van der Waals surface area contributed by atoms with Crippen molar-refractivity contribution in [3.05, 3.63) is 0 Å². The summed E-state index contributed by atoms with van der Waals surface area (Å²) in [5.41, 5.74) is 5.13. The highest BCUT2D eigenvalue weighted by atomic mass is 32.2. The molecule has 0 heterocycles.